The summed E-state index contributed by atoms with van der Waals surface area (Å²) < 4.78 is 5.40. The summed E-state index contributed by atoms with van der Waals surface area (Å²) in [5, 5.41) is 7.40. The number of aromatic nitrogens is 1. The second kappa shape index (κ2) is 10.1. The molecule has 0 saturated carbocycles. The van der Waals surface area contributed by atoms with Crippen LogP contribution in [0.15, 0.2) is 60.8 Å². The maximum absolute atomic E-state index is 13.5. The van der Waals surface area contributed by atoms with Crippen LogP contribution in [0, 0.1) is 5.92 Å². The highest BCUT2D eigenvalue weighted by molar-refractivity contribution is 6.07. The van der Waals surface area contributed by atoms with Gasteiger partial charge < -0.3 is 15.0 Å². The van der Waals surface area contributed by atoms with Gasteiger partial charge in [0.15, 0.2) is 0 Å². The Morgan fingerprint density at radius 2 is 1.60 bits per heavy atom. The molecule has 0 atom stereocenters. The summed E-state index contributed by atoms with van der Waals surface area (Å²) in [5.41, 5.74) is 0.131. The van der Waals surface area contributed by atoms with Crippen molar-refractivity contribution in [3.63, 3.8) is 0 Å². The van der Waals surface area contributed by atoms with Crippen molar-refractivity contribution in [2.45, 2.75) is 39.2 Å². The van der Waals surface area contributed by atoms with Gasteiger partial charge in [0.2, 0.25) is 5.91 Å². The molecule has 8 nitrogen and oxygen atoms in total. The molecule has 0 aliphatic carbocycles. The Kier molecular flexibility index (Phi) is 7.00. The van der Waals surface area contributed by atoms with E-state index in [1.54, 1.807) is 56.1 Å². The number of nitrogens with zero attached hydrogens (tertiary/aromatic N) is 2. The molecule has 182 valence electrons. The molecule has 0 radical (unpaired) electrons. The Morgan fingerprint density at radius 3 is 2.23 bits per heavy atom. The van der Waals surface area contributed by atoms with Crippen LogP contribution < -0.4 is 10.6 Å². The molecular weight excluding hydrogens is 444 g/mol. The lowest BCUT2D eigenvalue weighted by Gasteiger charge is -2.32. The van der Waals surface area contributed by atoms with E-state index in [1.165, 1.54) is 0 Å². The van der Waals surface area contributed by atoms with Gasteiger partial charge in [-0.15, -0.1) is 0 Å². The number of ether oxygens (including phenoxy) is 1. The standard InChI is InChI=1S/C27H30N4O4/c1-27(2,3)35-26(34)29-22-17-20-9-5-4-8-19(20)16-21(22)25(33)31-14-11-18(12-15-31)24(32)30-23-10-6-7-13-28-23/h4-10,13,16-18H,11-12,14-15H2,1-3H3,(H,29,34)(H,28,30,32). The lowest BCUT2D eigenvalue weighted by molar-refractivity contribution is -0.121. The van der Waals surface area contributed by atoms with Crippen molar-refractivity contribution in [2.24, 2.45) is 5.92 Å². The van der Waals surface area contributed by atoms with Crippen LogP contribution in [-0.4, -0.2) is 46.5 Å². The Balaban J connectivity index is 1.49. The largest absolute Gasteiger partial charge is 0.444 e. The summed E-state index contributed by atoms with van der Waals surface area (Å²) in [5.74, 6) is 0.0428. The number of likely N-dealkylation sites (tertiary alicyclic amines) is 1. The number of pyridine rings is 1. The summed E-state index contributed by atoms with van der Waals surface area (Å²) in [4.78, 5) is 44.5. The summed E-state index contributed by atoms with van der Waals surface area (Å²) in [7, 11) is 0. The van der Waals surface area contributed by atoms with Crippen molar-refractivity contribution in [1.82, 2.24) is 9.88 Å². The van der Waals surface area contributed by atoms with E-state index >= 15 is 0 Å². The van der Waals surface area contributed by atoms with Gasteiger partial charge in [0, 0.05) is 25.2 Å². The number of fused-ring (bicyclic) bond motifs is 1. The number of nitrogens with one attached hydrogen (secondary N) is 2. The molecule has 0 spiro atoms. The molecule has 35 heavy (non-hydrogen) atoms. The smallest absolute Gasteiger partial charge is 0.412 e. The number of piperidine rings is 1. The predicted molar refractivity (Wildman–Crippen MR) is 135 cm³/mol. The molecule has 4 rings (SSSR count). The quantitative estimate of drug-likeness (QED) is 0.550. The van der Waals surface area contributed by atoms with Gasteiger partial charge in [-0.3, -0.25) is 14.9 Å². The van der Waals surface area contributed by atoms with Gasteiger partial charge in [-0.25, -0.2) is 9.78 Å². The number of carbonyl (C=O) groups excluding carboxylic acids is 3. The minimum atomic E-state index is -0.664. The highest BCUT2D eigenvalue weighted by Gasteiger charge is 2.29. The van der Waals surface area contributed by atoms with Crippen molar-refractivity contribution in [2.75, 3.05) is 23.7 Å². The molecule has 1 aromatic heterocycles. The van der Waals surface area contributed by atoms with Crippen molar-refractivity contribution >= 4 is 40.2 Å². The minimum absolute atomic E-state index is 0.0891. The predicted octanol–water partition coefficient (Wildman–Crippen LogP) is 5.07. The van der Waals surface area contributed by atoms with Crippen molar-refractivity contribution < 1.29 is 19.1 Å². The molecule has 2 aromatic carbocycles. The van der Waals surface area contributed by atoms with Crippen LogP contribution in [0.5, 0.6) is 0 Å². The highest BCUT2D eigenvalue weighted by atomic mass is 16.6. The van der Waals surface area contributed by atoms with Crippen LogP contribution in [0.2, 0.25) is 0 Å². The Morgan fingerprint density at radius 1 is 0.943 bits per heavy atom. The zero-order valence-electron chi connectivity index (χ0n) is 20.2. The monoisotopic (exact) mass is 474 g/mol. The first-order chi connectivity index (χ1) is 16.7. The van der Waals surface area contributed by atoms with Crippen molar-refractivity contribution in [3.8, 4) is 0 Å². The fourth-order valence-electron chi connectivity index (χ4n) is 4.11. The average Bonchev–Trinajstić information content (AvgIpc) is 2.82. The molecule has 1 saturated heterocycles. The van der Waals surface area contributed by atoms with Crippen molar-refractivity contribution in [3.05, 3.63) is 66.4 Å². The number of benzene rings is 2. The number of carbonyl (C=O) groups is 3. The van der Waals surface area contributed by atoms with Gasteiger partial charge in [-0.05, 0) is 68.7 Å². The van der Waals surface area contributed by atoms with E-state index in [-0.39, 0.29) is 17.7 Å². The number of hydrogen-bond acceptors (Lipinski definition) is 5. The van der Waals surface area contributed by atoms with E-state index in [0.29, 0.717) is 43.0 Å². The first-order valence-electron chi connectivity index (χ1n) is 11.7. The molecular formula is C27H30N4O4. The molecule has 1 fully saturated rings. The summed E-state index contributed by atoms with van der Waals surface area (Å²) in [6, 6.07) is 16.6. The third kappa shape index (κ3) is 6.15. The van der Waals surface area contributed by atoms with E-state index in [2.05, 4.69) is 15.6 Å². The molecule has 2 N–H and O–H groups in total. The lowest BCUT2D eigenvalue weighted by atomic mass is 9.95. The van der Waals surface area contributed by atoms with E-state index in [4.69, 9.17) is 4.74 Å². The molecule has 0 bridgehead atoms. The van der Waals surface area contributed by atoms with Crippen LogP contribution >= 0.6 is 0 Å². The first kappa shape index (κ1) is 24.2. The van der Waals surface area contributed by atoms with Gasteiger partial charge in [0.1, 0.15) is 11.4 Å². The molecule has 3 aromatic rings. The number of amides is 3. The summed E-state index contributed by atoms with van der Waals surface area (Å²) >= 11 is 0. The van der Waals surface area contributed by atoms with Gasteiger partial charge in [0.05, 0.1) is 11.3 Å². The summed E-state index contributed by atoms with van der Waals surface area (Å²) in [6.45, 7) is 6.24. The van der Waals surface area contributed by atoms with Crippen LogP contribution in [0.4, 0.5) is 16.3 Å². The van der Waals surface area contributed by atoms with E-state index in [9.17, 15) is 14.4 Å². The first-order valence-corrected chi connectivity index (χ1v) is 11.7. The zero-order valence-corrected chi connectivity index (χ0v) is 20.2. The lowest BCUT2D eigenvalue weighted by Crippen LogP contribution is -2.41. The van der Waals surface area contributed by atoms with E-state index in [1.807, 2.05) is 30.3 Å². The Labute approximate surface area is 204 Å². The van der Waals surface area contributed by atoms with Crippen LogP contribution in [0.3, 0.4) is 0 Å². The Bertz CT molecular complexity index is 1230. The van der Waals surface area contributed by atoms with Crippen LogP contribution in [0.1, 0.15) is 44.0 Å². The van der Waals surface area contributed by atoms with Crippen LogP contribution in [-0.2, 0) is 9.53 Å². The van der Waals surface area contributed by atoms with Crippen LogP contribution in [0.25, 0.3) is 10.8 Å². The molecule has 3 amide bonds. The normalized spacial score (nSPS) is 14.4. The Hall–Kier alpha value is -3.94. The van der Waals surface area contributed by atoms with E-state index in [0.717, 1.165) is 10.8 Å². The van der Waals surface area contributed by atoms with Crippen molar-refractivity contribution in [1.29, 1.82) is 0 Å². The fourth-order valence-corrected chi connectivity index (χ4v) is 4.11. The minimum Gasteiger partial charge on any atom is -0.444 e. The molecule has 1 aliphatic rings. The number of anilines is 2. The summed E-state index contributed by atoms with van der Waals surface area (Å²) in [6.07, 6.45) is 2.11. The maximum Gasteiger partial charge on any atom is 0.412 e. The molecule has 0 unspecified atom stereocenters. The maximum atomic E-state index is 13.5. The second-order valence-corrected chi connectivity index (χ2v) is 9.64. The molecule has 2 heterocycles. The average molecular weight is 475 g/mol. The van der Waals surface area contributed by atoms with Gasteiger partial charge in [0.25, 0.3) is 5.91 Å². The molecule has 8 heteroatoms. The van der Waals surface area contributed by atoms with Gasteiger partial charge in [-0.2, -0.15) is 0 Å². The van der Waals surface area contributed by atoms with Gasteiger partial charge in [-0.1, -0.05) is 30.3 Å². The molecule has 1 aliphatic heterocycles. The van der Waals surface area contributed by atoms with E-state index < -0.39 is 11.7 Å². The second-order valence-electron chi connectivity index (χ2n) is 9.64. The number of rotatable bonds is 4. The SMILES string of the molecule is CC(C)(C)OC(=O)Nc1cc2ccccc2cc1C(=O)N1CCC(C(=O)Nc2ccccn2)CC1. The fraction of sp³-hybridized carbons (Fsp3) is 0.333. The number of hydrogen-bond donors (Lipinski definition) is 2. The highest BCUT2D eigenvalue weighted by Crippen LogP contribution is 2.28. The van der Waals surface area contributed by atoms with Gasteiger partial charge >= 0.3 is 6.09 Å². The third-order valence-electron chi connectivity index (χ3n) is 5.82. The zero-order chi connectivity index (χ0) is 25.0. The third-order valence-corrected chi connectivity index (χ3v) is 5.82. The topological polar surface area (TPSA) is 101 Å².